The zero-order chi connectivity index (χ0) is 12.1. The molecule has 0 saturated heterocycles. The molecule has 1 aromatic rings. The van der Waals surface area contributed by atoms with Crippen LogP contribution in [0, 0.1) is 11.3 Å². The first-order valence-corrected chi connectivity index (χ1v) is 5.69. The predicted octanol–water partition coefficient (Wildman–Crippen LogP) is 2.49. The Morgan fingerprint density at radius 1 is 1.41 bits per heavy atom. The smallest absolute Gasteiger partial charge is 0.123 e. The average molecular weight is 230 g/mol. The summed E-state index contributed by atoms with van der Waals surface area (Å²) in [6.07, 6.45) is 2.85. The summed E-state index contributed by atoms with van der Waals surface area (Å²) < 4.78 is 5.66. The summed E-state index contributed by atoms with van der Waals surface area (Å²) in [5.41, 5.74) is 2.81. The second kappa shape index (κ2) is 5.35. The highest BCUT2D eigenvalue weighted by Gasteiger charge is 2.21. The number of ether oxygens (including phenoxy) is 1. The van der Waals surface area contributed by atoms with Crippen molar-refractivity contribution in [2.45, 2.75) is 25.7 Å². The van der Waals surface area contributed by atoms with E-state index in [1.807, 2.05) is 18.2 Å². The first-order valence-electron chi connectivity index (χ1n) is 5.69. The number of hydrogen-bond donors (Lipinski definition) is 1. The first-order chi connectivity index (χ1) is 8.36. The van der Waals surface area contributed by atoms with Crippen LogP contribution in [0.3, 0.4) is 0 Å². The highest BCUT2D eigenvalue weighted by Crippen LogP contribution is 2.30. The lowest BCUT2D eigenvalue weighted by Crippen LogP contribution is -2.00. The van der Waals surface area contributed by atoms with E-state index >= 15 is 0 Å². The van der Waals surface area contributed by atoms with Gasteiger partial charge in [-0.1, -0.05) is 17.3 Å². The van der Waals surface area contributed by atoms with Crippen LogP contribution in [-0.2, 0) is 6.42 Å². The van der Waals surface area contributed by atoms with Crippen molar-refractivity contribution < 1.29 is 9.94 Å². The molecule has 0 unspecified atom stereocenters. The maximum atomic E-state index is 8.86. The Labute approximate surface area is 100 Å². The molecule has 0 aliphatic heterocycles. The van der Waals surface area contributed by atoms with Crippen LogP contribution in [0.1, 0.15) is 30.4 Å². The van der Waals surface area contributed by atoms with Crippen molar-refractivity contribution in [1.29, 1.82) is 5.26 Å². The van der Waals surface area contributed by atoms with E-state index in [9.17, 15) is 0 Å². The molecule has 0 atom stereocenters. The predicted molar refractivity (Wildman–Crippen MR) is 63.4 cm³/mol. The highest BCUT2D eigenvalue weighted by atomic mass is 16.5. The molecule has 2 rings (SSSR count). The van der Waals surface area contributed by atoms with Gasteiger partial charge in [0.2, 0.25) is 0 Å². The van der Waals surface area contributed by atoms with Gasteiger partial charge in [-0.2, -0.15) is 5.26 Å². The lowest BCUT2D eigenvalue weighted by molar-refractivity contribution is 0.310. The van der Waals surface area contributed by atoms with Crippen molar-refractivity contribution in [2.24, 2.45) is 5.16 Å². The van der Waals surface area contributed by atoms with Gasteiger partial charge in [0.25, 0.3) is 0 Å². The Morgan fingerprint density at radius 2 is 2.29 bits per heavy atom. The van der Waals surface area contributed by atoms with Gasteiger partial charge in [-0.05, 0) is 25.3 Å². The van der Waals surface area contributed by atoms with Crippen molar-refractivity contribution in [3.8, 4) is 11.8 Å². The number of fused-ring (bicyclic) bond motifs is 1. The van der Waals surface area contributed by atoms with Crippen molar-refractivity contribution in [2.75, 3.05) is 6.61 Å². The number of unbranched alkanes of at least 4 members (excludes halogenated alkanes) is 1. The molecule has 1 aromatic carbocycles. The fourth-order valence-corrected chi connectivity index (χ4v) is 2.04. The summed E-state index contributed by atoms with van der Waals surface area (Å²) in [7, 11) is 0. The van der Waals surface area contributed by atoms with Crippen LogP contribution in [0.2, 0.25) is 0 Å². The molecule has 0 saturated carbocycles. The van der Waals surface area contributed by atoms with E-state index in [4.69, 9.17) is 15.2 Å². The molecule has 88 valence electrons. The molecular weight excluding hydrogens is 216 g/mol. The lowest BCUT2D eigenvalue weighted by atomic mass is 10.1. The average Bonchev–Trinajstić information content (AvgIpc) is 2.78. The minimum atomic E-state index is 0.512. The molecule has 0 heterocycles. The molecule has 4 heteroatoms. The number of nitriles is 1. The molecule has 4 nitrogen and oxygen atoms in total. The van der Waals surface area contributed by atoms with E-state index in [1.165, 1.54) is 0 Å². The molecular formula is C13H14N2O2. The van der Waals surface area contributed by atoms with E-state index in [2.05, 4.69) is 11.2 Å². The van der Waals surface area contributed by atoms with Crippen LogP contribution in [0.15, 0.2) is 23.4 Å². The van der Waals surface area contributed by atoms with Crippen molar-refractivity contribution in [3.63, 3.8) is 0 Å². The molecule has 17 heavy (non-hydrogen) atoms. The Kier molecular flexibility index (Phi) is 3.61. The summed E-state index contributed by atoms with van der Waals surface area (Å²) in [6, 6.07) is 7.85. The largest absolute Gasteiger partial charge is 0.493 e. The van der Waals surface area contributed by atoms with Gasteiger partial charge in [-0.25, -0.2) is 0 Å². The third-order valence-corrected chi connectivity index (χ3v) is 2.87. The standard InChI is InChI=1S/C13H14N2O2/c14-8-1-2-9-17-13-5-3-4-10-11(13)6-7-12(10)15-16/h3-5,16H,1-2,6-7,9H2. The summed E-state index contributed by atoms with van der Waals surface area (Å²) in [5.74, 6) is 0.846. The normalized spacial score (nSPS) is 15.6. The molecule has 1 N–H and O–H groups in total. The monoisotopic (exact) mass is 230 g/mol. The Balaban J connectivity index is 2.10. The lowest BCUT2D eigenvalue weighted by Gasteiger charge is -2.09. The summed E-state index contributed by atoms with van der Waals surface area (Å²) >= 11 is 0. The highest BCUT2D eigenvalue weighted by molar-refractivity contribution is 6.04. The van der Waals surface area contributed by atoms with Gasteiger partial charge in [0.05, 0.1) is 18.4 Å². The van der Waals surface area contributed by atoms with Crippen LogP contribution >= 0.6 is 0 Å². The fraction of sp³-hybridized carbons (Fsp3) is 0.385. The third-order valence-electron chi connectivity index (χ3n) is 2.87. The molecule has 1 aliphatic carbocycles. The van der Waals surface area contributed by atoms with E-state index in [1.54, 1.807) is 0 Å². The number of benzene rings is 1. The van der Waals surface area contributed by atoms with Crippen molar-refractivity contribution in [3.05, 3.63) is 29.3 Å². The van der Waals surface area contributed by atoms with Gasteiger partial charge in [-0.3, -0.25) is 0 Å². The molecule has 1 aliphatic rings. The number of oxime groups is 1. The first kappa shape index (κ1) is 11.5. The maximum Gasteiger partial charge on any atom is 0.123 e. The van der Waals surface area contributed by atoms with E-state index in [0.29, 0.717) is 13.0 Å². The molecule has 0 bridgehead atoms. The molecule has 0 aromatic heterocycles. The molecule has 0 fully saturated rings. The van der Waals surface area contributed by atoms with E-state index < -0.39 is 0 Å². The second-order valence-corrected chi connectivity index (χ2v) is 3.94. The Hall–Kier alpha value is -2.02. The van der Waals surface area contributed by atoms with Crippen molar-refractivity contribution >= 4 is 5.71 Å². The zero-order valence-corrected chi connectivity index (χ0v) is 9.52. The quantitative estimate of drug-likeness (QED) is 0.491. The van der Waals surface area contributed by atoms with Crippen LogP contribution in [0.25, 0.3) is 0 Å². The number of nitrogens with zero attached hydrogens (tertiary/aromatic N) is 2. The van der Waals surface area contributed by atoms with Gasteiger partial charge < -0.3 is 9.94 Å². The number of hydrogen-bond acceptors (Lipinski definition) is 4. The summed E-state index contributed by atoms with van der Waals surface area (Å²) in [4.78, 5) is 0. The maximum absolute atomic E-state index is 8.86. The van der Waals surface area contributed by atoms with Gasteiger partial charge >= 0.3 is 0 Å². The minimum Gasteiger partial charge on any atom is -0.493 e. The zero-order valence-electron chi connectivity index (χ0n) is 9.52. The van der Waals surface area contributed by atoms with E-state index in [0.717, 1.165) is 41.9 Å². The Bertz CT molecular complexity index is 475. The summed E-state index contributed by atoms with van der Waals surface area (Å²) in [6.45, 7) is 0.551. The van der Waals surface area contributed by atoms with Gasteiger partial charge in [0.15, 0.2) is 0 Å². The minimum absolute atomic E-state index is 0.512. The Morgan fingerprint density at radius 3 is 3.06 bits per heavy atom. The van der Waals surface area contributed by atoms with Gasteiger partial charge in [0.1, 0.15) is 5.75 Å². The topological polar surface area (TPSA) is 65.6 Å². The van der Waals surface area contributed by atoms with Gasteiger partial charge in [0, 0.05) is 17.5 Å². The van der Waals surface area contributed by atoms with Crippen LogP contribution < -0.4 is 4.74 Å². The van der Waals surface area contributed by atoms with Crippen LogP contribution in [0.4, 0.5) is 0 Å². The van der Waals surface area contributed by atoms with Crippen LogP contribution in [-0.4, -0.2) is 17.5 Å². The van der Waals surface area contributed by atoms with Gasteiger partial charge in [-0.15, -0.1) is 0 Å². The fourth-order valence-electron chi connectivity index (χ4n) is 2.04. The van der Waals surface area contributed by atoms with Crippen LogP contribution in [0.5, 0.6) is 5.75 Å². The van der Waals surface area contributed by atoms with E-state index in [-0.39, 0.29) is 0 Å². The molecule has 0 spiro atoms. The SMILES string of the molecule is N#CCCCOc1cccc2c1CCC2=NO. The molecule has 0 amide bonds. The molecule has 0 radical (unpaired) electrons. The second-order valence-electron chi connectivity index (χ2n) is 3.94. The summed E-state index contributed by atoms with van der Waals surface area (Å²) in [5, 5.41) is 20.6. The van der Waals surface area contributed by atoms with Crippen molar-refractivity contribution in [1.82, 2.24) is 0 Å². The third kappa shape index (κ3) is 2.39. The number of rotatable bonds is 4.